The van der Waals surface area contributed by atoms with Crippen LogP contribution in [0.5, 0.6) is 0 Å². The zero-order valence-corrected chi connectivity index (χ0v) is 18.5. The first-order chi connectivity index (χ1) is 14.6. The van der Waals surface area contributed by atoms with Crippen molar-refractivity contribution in [3.05, 3.63) is 75.0 Å². The molecular weight excluding hydrogens is 468 g/mol. The highest BCUT2D eigenvalue weighted by molar-refractivity contribution is 9.10. The quantitative estimate of drug-likeness (QED) is 0.532. The fourth-order valence-electron chi connectivity index (χ4n) is 3.80. The van der Waals surface area contributed by atoms with Crippen molar-refractivity contribution in [3.63, 3.8) is 0 Å². The fourth-order valence-corrected chi connectivity index (χ4v) is 4.19. The van der Waals surface area contributed by atoms with Crippen LogP contribution < -0.4 is 0 Å². The van der Waals surface area contributed by atoms with Gasteiger partial charge in [0.2, 0.25) is 0 Å². The van der Waals surface area contributed by atoms with Crippen LogP contribution in [0.15, 0.2) is 53.0 Å². The SMILES string of the molecule is O=C(c1nnn(-c2ccc(Br)cc2)c1C1CC1)N1CCOC(c2ccc(Cl)cc2)C1. The molecule has 1 aromatic heterocycles. The normalized spacial score (nSPS) is 19.1. The van der Waals surface area contributed by atoms with Crippen LogP contribution in [0, 0.1) is 0 Å². The van der Waals surface area contributed by atoms with Gasteiger partial charge in [-0.2, -0.15) is 0 Å². The van der Waals surface area contributed by atoms with Crippen LogP contribution >= 0.6 is 27.5 Å². The molecule has 0 bridgehead atoms. The van der Waals surface area contributed by atoms with Gasteiger partial charge < -0.3 is 9.64 Å². The van der Waals surface area contributed by atoms with Gasteiger partial charge in [-0.25, -0.2) is 4.68 Å². The maximum Gasteiger partial charge on any atom is 0.276 e. The summed E-state index contributed by atoms with van der Waals surface area (Å²) in [7, 11) is 0. The van der Waals surface area contributed by atoms with E-state index in [9.17, 15) is 4.79 Å². The molecule has 0 N–H and O–H groups in total. The van der Waals surface area contributed by atoms with Crippen LogP contribution in [0.1, 0.15) is 46.6 Å². The number of morpholine rings is 1. The molecule has 0 spiro atoms. The van der Waals surface area contributed by atoms with E-state index in [0.29, 0.717) is 36.3 Å². The summed E-state index contributed by atoms with van der Waals surface area (Å²) in [6.07, 6.45) is 1.94. The van der Waals surface area contributed by atoms with Gasteiger partial charge in [-0.3, -0.25) is 4.79 Å². The molecule has 2 fully saturated rings. The fraction of sp³-hybridized carbons (Fsp3) is 0.318. The van der Waals surface area contributed by atoms with Gasteiger partial charge in [0, 0.05) is 22.0 Å². The number of benzene rings is 2. The number of carbonyl (C=O) groups excluding carboxylic acids is 1. The molecule has 154 valence electrons. The van der Waals surface area contributed by atoms with Crippen molar-refractivity contribution in [2.24, 2.45) is 0 Å². The summed E-state index contributed by atoms with van der Waals surface area (Å²) in [5.41, 5.74) is 3.29. The lowest BCUT2D eigenvalue weighted by Gasteiger charge is -2.33. The lowest BCUT2D eigenvalue weighted by Crippen LogP contribution is -2.42. The number of aromatic nitrogens is 3. The van der Waals surface area contributed by atoms with Gasteiger partial charge >= 0.3 is 0 Å². The molecule has 1 saturated heterocycles. The minimum Gasteiger partial charge on any atom is -0.370 e. The summed E-state index contributed by atoms with van der Waals surface area (Å²) in [5.74, 6) is 0.248. The first-order valence-corrected chi connectivity index (χ1v) is 11.1. The highest BCUT2D eigenvalue weighted by Gasteiger charge is 2.37. The van der Waals surface area contributed by atoms with Gasteiger partial charge in [0.05, 0.1) is 24.5 Å². The summed E-state index contributed by atoms with van der Waals surface area (Å²) in [6.45, 7) is 1.51. The first-order valence-electron chi connectivity index (χ1n) is 9.98. The topological polar surface area (TPSA) is 60.2 Å². The third kappa shape index (κ3) is 3.89. The summed E-state index contributed by atoms with van der Waals surface area (Å²) in [6, 6.07) is 15.5. The molecule has 2 aliphatic rings. The Morgan fingerprint density at radius 2 is 1.83 bits per heavy atom. The van der Waals surface area contributed by atoms with Gasteiger partial charge in [-0.1, -0.05) is 44.9 Å². The van der Waals surface area contributed by atoms with Crippen LogP contribution in [-0.4, -0.2) is 45.5 Å². The molecule has 1 aliphatic carbocycles. The van der Waals surface area contributed by atoms with E-state index in [1.54, 1.807) is 0 Å². The molecule has 1 unspecified atom stereocenters. The summed E-state index contributed by atoms with van der Waals surface area (Å²) < 4.78 is 8.72. The first kappa shape index (κ1) is 19.7. The Balaban J connectivity index is 1.42. The number of halogens is 2. The molecule has 1 saturated carbocycles. The van der Waals surface area contributed by atoms with E-state index < -0.39 is 0 Å². The number of hydrogen-bond donors (Lipinski definition) is 0. The monoisotopic (exact) mass is 486 g/mol. The molecule has 1 aliphatic heterocycles. The maximum absolute atomic E-state index is 13.4. The van der Waals surface area contributed by atoms with Gasteiger partial charge in [0.1, 0.15) is 6.10 Å². The van der Waals surface area contributed by atoms with Crippen molar-refractivity contribution in [1.82, 2.24) is 19.9 Å². The third-order valence-electron chi connectivity index (χ3n) is 5.54. The number of hydrogen-bond acceptors (Lipinski definition) is 4. The van der Waals surface area contributed by atoms with Crippen molar-refractivity contribution in [3.8, 4) is 5.69 Å². The van der Waals surface area contributed by atoms with Crippen molar-refractivity contribution >= 4 is 33.4 Å². The minimum atomic E-state index is -0.175. The van der Waals surface area contributed by atoms with Gasteiger partial charge in [0.15, 0.2) is 5.69 Å². The van der Waals surface area contributed by atoms with Crippen LogP contribution in [-0.2, 0) is 4.74 Å². The van der Waals surface area contributed by atoms with Gasteiger partial charge in [-0.05, 0) is 54.8 Å². The molecule has 1 atom stereocenters. The third-order valence-corrected chi connectivity index (χ3v) is 6.32. The van der Waals surface area contributed by atoms with Crippen molar-refractivity contribution < 1.29 is 9.53 Å². The number of nitrogens with zero attached hydrogens (tertiary/aromatic N) is 4. The molecule has 2 heterocycles. The van der Waals surface area contributed by atoms with Gasteiger partial charge in [-0.15, -0.1) is 5.10 Å². The Morgan fingerprint density at radius 3 is 2.53 bits per heavy atom. The van der Waals surface area contributed by atoms with Gasteiger partial charge in [0.25, 0.3) is 5.91 Å². The molecule has 3 aromatic rings. The summed E-state index contributed by atoms with van der Waals surface area (Å²) in [5, 5.41) is 9.33. The lowest BCUT2D eigenvalue weighted by atomic mass is 10.1. The molecule has 5 rings (SSSR count). The predicted molar refractivity (Wildman–Crippen MR) is 117 cm³/mol. The average Bonchev–Trinajstić information content (AvgIpc) is 3.52. The van der Waals surface area contributed by atoms with Crippen molar-refractivity contribution in [1.29, 1.82) is 0 Å². The van der Waals surface area contributed by atoms with E-state index in [4.69, 9.17) is 16.3 Å². The predicted octanol–water partition coefficient (Wildman–Crippen LogP) is 4.77. The van der Waals surface area contributed by atoms with E-state index in [1.807, 2.05) is 58.1 Å². The zero-order valence-electron chi connectivity index (χ0n) is 16.2. The van der Waals surface area contributed by atoms with E-state index >= 15 is 0 Å². The molecule has 8 heteroatoms. The zero-order chi connectivity index (χ0) is 20.7. The number of ether oxygens (including phenoxy) is 1. The average molecular weight is 488 g/mol. The highest BCUT2D eigenvalue weighted by Crippen LogP contribution is 2.42. The Hall–Kier alpha value is -2.22. The van der Waals surface area contributed by atoms with Crippen molar-refractivity contribution in [2.45, 2.75) is 24.9 Å². The number of rotatable bonds is 4. The standard InChI is InChI=1S/C22H20BrClN4O2/c23-16-5-9-18(10-6-16)28-21(15-1-2-15)20(25-26-28)22(29)27-11-12-30-19(13-27)14-3-7-17(24)8-4-14/h3-10,15,19H,1-2,11-13H2. The van der Waals surface area contributed by atoms with Crippen LogP contribution in [0.25, 0.3) is 5.69 Å². The van der Waals surface area contributed by atoms with Crippen LogP contribution in [0.4, 0.5) is 0 Å². The van der Waals surface area contributed by atoms with Crippen LogP contribution in [0.2, 0.25) is 5.02 Å². The summed E-state index contributed by atoms with van der Waals surface area (Å²) in [4.78, 5) is 15.2. The molecule has 0 radical (unpaired) electrons. The summed E-state index contributed by atoms with van der Waals surface area (Å²) >= 11 is 9.46. The molecule has 2 aromatic carbocycles. The Labute approximate surface area is 187 Å². The highest BCUT2D eigenvalue weighted by atomic mass is 79.9. The Bertz CT molecular complexity index is 1060. The second-order valence-corrected chi connectivity index (χ2v) is 9.00. The van der Waals surface area contributed by atoms with Crippen LogP contribution in [0.3, 0.4) is 0 Å². The molecule has 6 nitrogen and oxygen atoms in total. The number of carbonyl (C=O) groups is 1. The second-order valence-electron chi connectivity index (χ2n) is 7.65. The lowest BCUT2D eigenvalue weighted by molar-refractivity contribution is -0.0230. The van der Waals surface area contributed by atoms with E-state index in [1.165, 1.54) is 0 Å². The van der Waals surface area contributed by atoms with E-state index in [-0.39, 0.29) is 12.0 Å². The second kappa shape index (κ2) is 8.13. The molecule has 1 amide bonds. The van der Waals surface area contributed by atoms with E-state index in [2.05, 4.69) is 26.2 Å². The molecule has 30 heavy (non-hydrogen) atoms. The van der Waals surface area contributed by atoms with Crippen molar-refractivity contribution in [2.75, 3.05) is 19.7 Å². The Kier molecular flexibility index (Phi) is 5.35. The Morgan fingerprint density at radius 1 is 1.10 bits per heavy atom. The smallest absolute Gasteiger partial charge is 0.276 e. The molecular formula is C22H20BrClN4O2. The minimum absolute atomic E-state index is 0.0810. The maximum atomic E-state index is 13.4. The van der Waals surface area contributed by atoms with E-state index in [0.717, 1.165) is 34.3 Å². The largest absolute Gasteiger partial charge is 0.370 e. The number of amides is 1.